The Morgan fingerprint density at radius 2 is 2.28 bits per heavy atom. The summed E-state index contributed by atoms with van der Waals surface area (Å²) in [6.07, 6.45) is 1.74. The normalized spacial score (nSPS) is 11.1. The Labute approximate surface area is 121 Å². The van der Waals surface area contributed by atoms with Gasteiger partial charge in [0.15, 0.2) is 0 Å². The molecule has 0 heterocycles. The minimum atomic E-state index is 0.466. The van der Waals surface area contributed by atoms with Crippen molar-refractivity contribution in [3.8, 4) is 5.75 Å². The van der Waals surface area contributed by atoms with Crippen molar-refractivity contribution in [2.75, 3.05) is 26.9 Å². The highest BCUT2D eigenvalue weighted by Gasteiger charge is 2.02. The van der Waals surface area contributed by atoms with Gasteiger partial charge in [0.2, 0.25) is 0 Å². The molecule has 0 spiro atoms. The zero-order chi connectivity index (χ0) is 13.2. The fourth-order valence-corrected chi connectivity index (χ4v) is 1.97. The molecule has 0 aromatic heterocycles. The highest BCUT2D eigenvalue weighted by molar-refractivity contribution is 9.10. The molecule has 0 saturated carbocycles. The van der Waals surface area contributed by atoms with Crippen LogP contribution in [-0.2, 0) is 11.3 Å². The lowest BCUT2D eigenvalue weighted by atomic mass is 10.2. The standard InChI is InChI=1S/C13H17BrClNO2/c1-17-8-6-16-10-11-3-4-13(12(14)9-11)18-7-2-5-15/h2-5,9,16H,6-8,10H2,1H3/b5-2+. The minimum absolute atomic E-state index is 0.466. The molecule has 0 aliphatic heterocycles. The zero-order valence-electron chi connectivity index (χ0n) is 10.3. The van der Waals surface area contributed by atoms with Crippen molar-refractivity contribution < 1.29 is 9.47 Å². The largest absolute Gasteiger partial charge is 0.488 e. The molecule has 0 unspecified atom stereocenters. The molecule has 0 bridgehead atoms. The van der Waals surface area contributed by atoms with Gasteiger partial charge in [0.05, 0.1) is 11.1 Å². The van der Waals surface area contributed by atoms with Crippen LogP contribution in [0.2, 0.25) is 0 Å². The van der Waals surface area contributed by atoms with Crippen molar-refractivity contribution in [1.29, 1.82) is 0 Å². The summed E-state index contributed by atoms with van der Waals surface area (Å²) in [7, 11) is 1.69. The van der Waals surface area contributed by atoms with Gasteiger partial charge in [0.1, 0.15) is 12.4 Å². The second-order valence-corrected chi connectivity index (χ2v) is 4.71. The third-order valence-corrected chi connectivity index (χ3v) is 3.03. The van der Waals surface area contributed by atoms with E-state index in [1.807, 2.05) is 18.2 Å². The molecule has 1 rings (SSSR count). The van der Waals surface area contributed by atoms with Gasteiger partial charge in [-0.15, -0.1) is 0 Å². The molecule has 100 valence electrons. The predicted molar refractivity (Wildman–Crippen MR) is 78.2 cm³/mol. The number of hydrogen-bond donors (Lipinski definition) is 1. The summed E-state index contributed by atoms with van der Waals surface area (Å²) in [5.41, 5.74) is 2.64. The van der Waals surface area contributed by atoms with Gasteiger partial charge >= 0.3 is 0 Å². The van der Waals surface area contributed by atoms with Crippen molar-refractivity contribution >= 4 is 27.5 Å². The molecular formula is C13H17BrClNO2. The summed E-state index contributed by atoms with van der Waals surface area (Å²) < 4.78 is 11.4. The van der Waals surface area contributed by atoms with Gasteiger partial charge in [0.25, 0.3) is 0 Å². The van der Waals surface area contributed by atoms with Gasteiger partial charge in [-0.2, -0.15) is 0 Å². The maximum absolute atomic E-state index is 5.52. The summed E-state index contributed by atoms with van der Waals surface area (Å²) in [5, 5.41) is 3.29. The number of hydrogen-bond acceptors (Lipinski definition) is 3. The number of benzene rings is 1. The molecule has 1 aromatic rings. The summed E-state index contributed by atoms with van der Waals surface area (Å²) in [6.45, 7) is 2.83. The van der Waals surface area contributed by atoms with Gasteiger partial charge in [-0.25, -0.2) is 0 Å². The first-order chi connectivity index (χ1) is 8.77. The third kappa shape index (κ3) is 5.87. The molecule has 0 aliphatic rings. The lowest BCUT2D eigenvalue weighted by Gasteiger charge is -2.09. The fourth-order valence-electron chi connectivity index (χ4n) is 1.35. The van der Waals surface area contributed by atoms with Gasteiger partial charge in [-0.3, -0.25) is 0 Å². The van der Waals surface area contributed by atoms with Crippen LogP contribution in [-0.4, -0.2) is 26.9 Å². The topological polar surface area (TPSA) is 30.5 Å². The molecule has 1 N–H and O–H groups in total. The Morgan fingerprint density at radius 1 is 1.44 bits per heavy atom. The maximum atomic E-state index is 5.52. The molecule has 0 aliphatic carbocycles. The molecule has 1 aromatic carbocycles. The van der Waals surface area contributed by atoms with E-state index in [0.717, 1.165) is 23.3 Å². The van der Waals surface area contributed by atoms with Crippen molar-refractivity contribution in [1.82, 2.24) is 5.32 Å². The van der Waals surface area contributed by atoms with Crippen molar-refractivity contribution in [3.05, 3.63) is 39.8 Å². The number of nitrogens with one attached hydrogen (secondary N) is 1. The van der Waals surface area contributed by atoms with E-state index >= 15 is 0 Å². The Morgan fingerprint density at radius 3 is 2.94 bits per heavy atom. The highest BCUT2D eigenvalue weighted by Crippen LogP contribution is 2.26. The molecular weight excluding hydrogens is 318 g/mol. The Balaban J connectivity index is 2.45. The van der Waals surface area contributed by atoms with Crippen LogP contribution < -0.4 is 10.1 Å². The number of halogens is 2. The van der Waals surface area contributed by atoms with E-state index in [1.54, 1.807) is 13.2 Å². The second-order valence-electron chi connectivity index (χ2n) is 3.61. The van der Waals surface area contributed by atoms with E-state index in [4.69, 9.17) is 21.1 Å². The zero-order valence-corrected chi connectivity index (χ0v) is 12.6. The van der Waals surface area contributed by atoms with Gasteiger partial charge in [0, 0.05) is 25.7 Å². The monoisotopic (exact) mass is 333 g/mol. The Hall–Kier alpha value is -0.550. The first kappa shape index (κ1) is 15.5. The lowest BCUT2D eigenvalue weighted by Crippen LogP contribution is -2.18. The summed E-state index contributed by atoms with van der Waals surface area (Å²) in [6, 6.07) is 6.02. The van der Waals surface area contributed by atoms with Crippen LogP contribution in [0.5, 0.6) is 5.75 Å². The highest BCUT2D eigenvalue weighted by atomic mass is 79.9. The van der Waals surface area contributed by atoms with Crippen LogP contribution in [0, 0.1) is 0 Å². The van der Waals surface area contributed by atoms with Crippen LogP contribution in [0.1, 0.15) is 5.56 Å². The molecule has 0 amide bonds. The molecule has 0 saturated heterocycles. The first-order valence-electron chi connectivity index (χ1n) is 5.64. The van der Waals surface area contributed by atoms with Crippen LogP contribution in [0.4, 0.5) is 0 Å². The van der Waals surface area contributed by atoms with Crippen LogP contribution in [0.15, 0.2) is 34.3 Å². The van der Waals surface area contributed by atoms with E-state index < -0.39 is 0 Å². The molecule has 0 fully saturated rings. The van der Waals surface area contributed by atoms with E-state index in [9.17, 15) is 0 Å². The molecule has 5 heteroatoms. The minimum Gasteiger partial charge on any atom is -0.488 e. The SMILES string of the molecule is COCCNCc1ccc(OC/C=C/Cl)c(Br)c1. The predicted octanol–water partition coefficient (Wildman–Crippen LogP) is 3.32. The van der Waals surface area contributed by atoms with Crippen LogP contribution in [0.25, 0.3) is 0 Å². The van der Waals surface area contributed by atoms with E-state index in [0.29, 0.717) is 13.2 Å². The van der Waals surface area contributed by atoms with E-state index in [-0.39, 0.29) is 0 Å². The van der Waals surface area contributed by atoms with E-state index in [1.165, 1.54) is 11.1 Å². The number of methoxy groups -OCH3 is 1. The summed E-state index contributed by atoms with van der Waals surface area (Å²) >= 11 is 8.91. The summed E-state index contributed by atoms with van der Waals surface area (Å²) in [4.78, 5) is 0. The van der Waals surface area contributed by atoms with Crippen LogP contribution >= 0.6 is 27.5 Å². The third-order valence-electron chi connectivity index (χ3n) is 2.23. The lowest BCUT2D eigenvalue weighted by molar-refractivity contribution is 0.199. The second kappa shape index (κ2) is 9.39. The molecule has 3 nitrogen and oxygen atoms in total. The number of ether oxygens (including phenoxy) is 2. The average molecular weight is 335 g/mol. The fraction of sp³-hybridized carbons (Fsp3) is 0.385. The van der Waals surface area contributed by atoms with Crippen LogP contribution in [0.3, 0.4) is 0 Å². The average Bonchev–Trinajstić information content (AvgIpc) is 2.37. The first-order valence-corrected chi connectivity index (χ1v) is 6.87. The van der Waals surface area contributed by atoms with Crippen molar-refractivity contribution in [2.45, 2.75) is 6.54 Å². The molecule has 0 radical (unpaired) electrons. The van der Waals surface area contributed by atoms with E-state index in [2.05, 4.69) is 21.2 Å². The van der Waals surface area contributed by atoms with Crippen molar-refractivity contribution in [3.63, 3.8) is 0 Å². The maximum Gasteiger partial charge on any atom is 0.133 e. The number of rotatable bonds is 8. The smallest absolute Gasteiger partial charge is 0.133 e. The van der Waals surface area contributed by atoms with Gasteiger partial charge in [-0.05, 0) is 39.7 Å². The molecule has 0 atom stereocenters. The summed E-state index contributed by atoms with van der Waals surface area (Å²) in [5.74, 6) is 0.811. The van der Waals surface area contributed by atoms with Crippen molar-refractivity contribution in [2.24, 2.45) is 0 Å². The Bertz CT molecular complexity index is 385. The quantitative estimate of drug-likeness (QED) is 0.740. The van der Waals surface area contributed by atoms with Gasteiger partial charge < -0.3 is 14.8 Å². The molecule has 18 heavy (non-hydrogen) atoms. The van der Waals surface area contributed by atoms with Gasteiger partial charge in [-0.1, -0.05) is 17.7 Å². The Kier molecular flexibility index (Phi) is 8.09.